The lowest BCUT2D eigenvalue weighted by Crippen LogP contribution is -2.31. The number of anilines is 1. The second-order valence-corrected chi connectivity index (χ2v) is 10.7. The fourth-order valence-corrected chi connectivity index (χ4v) is 5.31. The number of hydrogen-bond donors (Lipinski definition) is 1. The summed E-state index contributed by atoms with van der Waals surface area (Å²) in [5.74, 6) is -2.83. The highest BCUT2D eigenvalue weighted by atomic mass is 32.2. The molecule has 208 valence electrons. The highest BCUT2D eigenvalue weighted by Gasteiger charge is 2.35. The van der Waals surface area contributed by atoms with E-state index in [1.54, 1.807) is 52.0 Å². The first kappa shape index (κ1) is 29.5. The average molecular weight is 557 g/mol. The first-order chi connectivity index (χ1) is 18.5. The molecule has 1 heterocycles. The summed E-state index contributed by atoms with van der Waals surface area (Å²) in [4.78, 5) is 36.3. The van der Waals surface area contributed by atoms with Crippen molar-refractivity contribution in [1.29, 1.82) is 0 Å². The van der Waals surface area contributed by atoms with Crippen molar-refractivity contribution in [3.63, 3.8) is 0 Å². The summed E-state index contributed by atoms with van der Waals surface area (Å²) in [5, 5.41) is 10.4. The minimum Gasteiger partial charge on any atom is -0.466 e. The van der Waals surface area contributed by atoms with Gasteiger partial charge < -0.3 is 14.8 Å². The molecular weight excluding hydrogens is 524 g/mol. The topological polar surface area (TPSA) is 147 Å². The molecule has 0 aliphatic carbocycles. The van der Waals surface area contributed by atoms with Gasteiger partial charge in [-0.1, -0.05) is 43.3 Å². The van der Waals surface area contributed by atoms with Crippen LogP contribution in [0.1, 0.15) is 46.1 Å². The lowest BCUT2D eigenvalue weighted by atomic mass is 9.78. The van der Waals surface area contributed by atoms with Crippen LogP contribution in [0.4, 0.5) is 5.69 Å². The minimum absolute atomic E-state index is 0.0212. The largest absolute Gasteiger partial charge is 0.466 e. The van der Waals surface area contributed by atoms with Crippen molar-refractivity contribution in [3.8, 4) is 11.3 Å². The number of aromatic nitrogens is 3. The molecule has 1 aromatic heterocycles. The highest BCUT2D eigenvalue weighted by Crippen LogP contribution is 2.35. The third-order valence-corrected chi connectivity index (χ3v) is 7.72. The molecule has 0 aliphatic rings. The Labute approximate surface area is 227 Å². The zero-order valence-electron chi connectivity index (χ0n) is 22.5. The Balaban J connectivity index is 1.87. The maximum absolute atomic E-state index is 13.0. The predicted molar refractivity (Wildman–Crippen MR) is 143 cm³/mol. The maximum atomic E-state index is 13.0. The van der Waals surface area contributed by atoms with Gasteiger partial charge in [-0.25, -0.2) is 0 Å². The predicted octanol–water partition coefficient (Wildman–Crippen LogP) is 3.62. The van der Waals surface area contributed by atoms with E-state index in [4.69, 9.17) is 9.47 Å². The van der Waals surface area contributed by atoms with Crippen molar-refractivity contribution in [3.05, 3.63) is 60.3 Å². The van der Waals surface area contributed by atoms with Crippen LogP contribution < -0.4 is 5.32 Å². The number of esters is 2. The summed E-state index contributed by atoms with van der Waals surface area (Å²) >= 11 is 0. The molecule has 0 saturated heterocycles. The van der Waals surface area contributed by atoms with Crippen LogP contribution in [0.25, 0.3) is 11.3 Å². The van der Waals surface area contributed by atoms with E-state index in [9.17, 15) is 22.8 Å². The van der Waals surface area contributed by atoms with Crippen molar-refractivity contribution < 1.29 is 32.3 Å². The van der Waals surface area contributed by atoms with Gasteiger partial charge >= 0.3 is 11.9 Å². The molecule has 12 heteroatoms. The quantitative estimate of drug-likeness (QED) is 0.350. The Hall–Kier alpha value is -4.06. The van der Waals surface area contributed by atoms with Gasteiger partial charge in [0.05, 0.1) is 36.1 Å². The molecular formula is C27H32N4O7S. The summed E-state index contributed by atoms with van der Waals surface area (Å²) in [7, 11) is -4.02. The lowest BCUT2D eigenvalue weighted by molar-refractivity contribution is -0.152. The van der Waals surface area contributed by atoms with Gasteiger partial charge in [-0.3, -0.25) is 14.4 Å². The second-order valence-electron chi connectivity index (χ2n) is 8.92. The highest BCUT2D eigenvalue weighted by molar-refractivity contribution is 7.89. The van der Waals surface area contributed by atoms with E-state index >= 15 is 0 Å². The third kappa shape index (κ3) is 6.88. The van der Waals surface area contributed by atoms with Gasteiger partial charge in [0.2, 0.25) is 5.91 Å². The minimum atomic E-state index is -4.02. The normalized spacial score (nSPS) is 13.7. The average Bonchev–Trinajstić information content (AvgIpc) is 3.41. The Morgan fingerprint density at radius 3 is 1.92 bits per heavy atom. The molecule has 0 spiro atoms. The van der Waals surface area contributed by atoms with Gasteiger partial charge in [0.1, 0.15) is 5.69 Å². The summed E-state index contributed by atoms with van der Waals surface area (Å²) in [6.45, 7) is 8.67. The number of hydrogen-bond acceptors (Lipinski definition) is 9. The number of carbonyl (C=O) groups is 3. The first-order valence-corrected chi connectivity index (χ1v) is 13.9. The van der Waals surface area contributed by atoms with Crippen molar-refractivity contribution in [2.75, 3.05) is 18.5 Å². The van der Waals surface area contributed by atoms with Crippen LogP contribution in [0.3, 0.4) is 0 Å². The van der Waals surface area contributed by atoms with Gasteiger partial charge in [-0.05, 0) is 43.7 Å². The van der Waals surface area contributed by atoms with Crippen LogP contribution in [0.5, 0.6) is 0 Å². The molecule has 0 saturated carbocycles. The fraction of sp³-hybridized carbons (Fsp3) is 0.370. The molecule has 2 unspecified atom stereocenters. The van der Waals surface area contributed by atoms with Crippen molar-refractivity contribution in [2.45, 2.75) is 45.4 Å². The van der Waals surface area contributed by atoms with Gasteiger partial charge in [0, 0.05) is 24.1 Å². The van der Waals surface area contributed by atoms with Gasteiger partial charge in [-0.15, -0.1) is 9.19 Å². The molecule has 3 aromatic rings. The molecule has 11 nitrogen and oxygen atoms in total. The second kappa shape index (κ2) is 12.7. The monoisotopic (exact) mass is 556 g/mol. The van der Waals surface area contributed by atoms with Crippen LogP contribution in [0, 0.1) is 11.8 Å². The van der Waals surface area contributed by atoms with Crippen molar-refractivity contribution >= 4 is 33.6 Å². The Bertz CT molecular complexity index is 1390. The zero-order valence-corrected chi connectivity index (χ0v) is 23.3. The van der Waals surface area contributed by atoms with Gasteiger partial charge in [0.15, 0.2) is 0 Å². The van der Waals surface area contributed by atoms with E-state index in [1.165, 1.54) is 37.4 Å². The van der Waals surface area contributed by atoms with Gasteiger partial charge in [-0.2, -0.15) is 8.42 Å². The van der Waals surface area contributed by atoms with E-state index < -0.39 is 39.7 Å². The molecule has 0 radical (unpaired) electrons. The molecule has 0 aliphatic heterocycles. The SMILES string of the molecule is CCOC(=O)C(C)C(c1ccc(-c2cn(S(=O)(=O)c3ccc(NC(C)=O)cc3)nn2)cc1)C(C)C(=O)OCC. The fourth-order valence-electron chi connectivity index (χ4n) is 4.25. The number of amides is 1. The molecule has 1 amide bonds. The smallest absolute Gasteiger partial charge is 0.309 e. The van der Waals surface area contributed by atoms with Crippen molar-refractivity contribution in [2.24, 2.45) is 11.8 Å². The molecule has 0 fully saturated rings. The Kier molecular flexibility index (Phi) is 9.57. The Morgan fingerprint density at radius 1 is 0.897 bits per heavy atom. The number of nitrogens with one attached hydrogen (secondary N) is 1. The van der Waals surface area contributed by atoms with Crippen LogP contribution in [0.15, 0.2) is 59.6 Å². The molecule has 2 aromatic carbocycles. The standard InChI is InChI=1S/C27H32N4O7S/c1-6-37-26(33)17(3)25(18(4)27(34)38-7-2)21-10-8-20(9-11-21)24-16-31(30-29-24)39(35,36)23-14-12-22(13-15-23)28-19(5)32/h8-18,25H,6-7H2,1-5H3,(H,28,32). The first-order valence-electron chi connectivity index (χ1n) is 12.5. The van der Waals surface area contributed by atoms with Crippen LogP contribution >= 0.6 is 0 Å². The molecule has 1 N–H and O–H groups in total. The number of carbonyl (C=O) groups excluding carboxylic acids is 3. The van der Waals surface area contributed by atoms with E-state index in [2.05, 4.69) is 15.6 Å². The maximum Gasteiger partial charge on any atom is 0.309 e. The van der Waals surface area contributed by atoms with E-state index in [0.29, 0.717) is 16.9 Å². The Morgan fingerprint density at radius 2 is 1.44 bits per heavy atom. The summed E-state index contributed by atoms with van der Waals surface area (Å²) < 4.78 is 37.2. The van der Waals surface area contributed by atoms with E-state index in [-0.39, 0.29) is 24.0 Å². The zero-order chi connectivity index (χ0) is 28.7. The molecule has 39 heavy (non-hydrogen) atoms. The van der Waals surface area contributed by atoms with Crippen LogP contribution in [0.2, 0.25) is 0 Å². The summed E-state index contributed by atoms with van der Waals surface area (Å²) in [6, 6.07) is 12.7. The lowest BCUT2D eigenvalue weighted by Gasteiger charge is -2.27. The van der Waals surface area contributed by atoms with Crippen molar-refractivity contribution in [1.82, 2.24) is 14.4 Å². The molecule has 3 rings (SSSR count). The molecule has 0 bridgehead atoms. The number of rotatable bonds is 11. The third-order valence-electron chi connectivity index (χ3n) is 6.18. The van der Waals surface area contributed by atoms with Crippen LogP contribution in [-0.2, 0) is 33.9 Å². The van der Waals surface area contributed by atoms with Gasteiger partial charge in [0.25, 0.3) is 10.0 Å². The van der Waals surface area contributed by atoms with Crippen LogP contribution in [-0.4, -0.2) is 53.9 Å². The molecule has 2 atom stereocenters. The summed E-state index contributed by atoms with van der Waals surface area (Å²) in [5.41, 5.74) is 2.09. The number of ether oxygens (including phenoxy) is 2. The number of nitrogens with zero attached hydrogens (tertiary/aromatic N) is 3. The number of benzene rings is 2. The van der Waals surface area contributed by atoms with E-state index in [0.717, 1.165) is 9.65 Å². The van der Waals surface area contributed by atoms with E-state index in [1.807, 2.05) is 0 Å². The summed E-state index contributed by atoms with van der Waals surface area (Å²) in [6.07, 6.45) is 1.30.